The molecule has 1 aliphatic carbocycles. The van der Waals surface area contributed by atoms with Crippen molar-refractivity contribution in [2.75, 3.05) is 31.6 Å². The number of benzene rings is 1. The second-order valence-corrected chi connectivity index (χ2v) is 12.7. The summed E-state index contributed by atoms with van der Waals surface area (Å²) in [7, 11) is 0. The van der Waals surface area contributed by atoms with Gasteiger partial charge in [-0.25, -0.2) is 9.78 Å². The summed E-state index contributed by atoms with van der Waals surface area (Å²) in [5.74, 6) is 0.934. The van der Waals surface area contributed by atoms with Gasteiger partial charge in [0, 0.05) is 31.9 Å². The molecular formula is C32H45N3O3. The molecule has 3 heterocycles. The normalized spacial score (nSPS) is 19.7. The summed E-state index contributed by atoms with van der Waals surface area (Å²) in [5, 5.41) is 3.43. The third kappa shape index (κ3) is 6.58. The monoisotopic (exact) mass is 519 g/mol. The average Bonchev–Trinajstić information content (AvgIpc) is 3.61. The molecule has 1 unspecified atom stereocenters. The van der Waals surface area contributed by atoms with Gasteiger partial charge in [0.15, 0.2) is 0 Å². The summed E-state index contributed by atoms with van der Waals surface area (Å²) in [6, 6.07) is 12.5. The van der Waals surface area contributed by atoms with Gasteiger partial charge in [-0.15, -0.1) is 0 Å². The van der Waals surface area contributed by atoms with Crippen LogP contribution in [0.3, 0.4) is 0 Å². The van der Waals surface area contributed by atoms with Gasteiger partial charge in [0.25, 0.3) is 0 Å². The van der Waals surface area contributed by atoms with Crippen LogP contribution >= 0.6 is 0 Å². The van der Waals surface area contributed by atoms with Crippen molar-refractivity contribution < 1.29 is 14.3 Å². The van der Waals surface area contributed by atoms with Gasteiger partial charge in [-0.3, -0.25) is 4.90 Å². The quantitative estimate of drug-likeness (QED) is 0.291. The molecule has 38 heavy (non-hydrogen) atoms. The maximum Gasteiger partial charge on any atom is 0.328 e. The number of aryl methyl sites for hydroxylation is 2. The second-order valence-electron chi connectivity index (χ2n) is 12.7. The molecule has 0 bridgehead atoms. The number of nitrogens with zero attached hydrogens (tertiary/aromatic N) is 2. The molecule has 3 aliphatic rings. The minimum absolute atomic E-state index is 0.154. The lowest BCUT2D eigenvalue weighted by Crippen LogP contribution is -2.56. The highest BCUT2D eigenvalue weighted by molar-refractivity contribution is 5.79. The van der Waals surface area contributed by atoms with Crippen molar-refractivity contribution >= 4 is 11.8 Å². The Morgan fingerprint density at radius 2 is 1.92 bits per heavy atom. The smallest absolute Gasteiger partial charge is 0.328 e. The summed E-state index contributed by atoms with van der Waals surface area (Å²) in [6.07, 6.45) is 9.19. The summed E-state index contributed by atoms with van der Waals surface area (Å²) >= 11 is 0. The minimum atomic E-state index is -0.514. The van der Waals surface area contributed by atoms with Gasteiger partial charge in [-0.05, 0) is 93.9 Å². The molecule has 0 spiro atoms. The fraction of sp³-hybridized carbons (Fsp3) is 0.625. The number of likely N-dealkylation sites (tertiary alicyclic amines) is 1. The first kappa shape index (κ1) is 27.1. The van der Waals surface area contributed by atoms with Crippen molar-refractivity contribution in [3.05, 3.63) is 58.8 Å². The molecule has 6 heteroatoms. The van der Waals surface area contributed by atoms with Gasteiger partial charge in [0.05, 0.1) is 6.10 Å². The Balaban J connectivity index is 1.09. The van der Waals surface area contributed by atoms with Crippen molar-refractivity contribution in [3.63, 3.8) is 0 Å². The van der Waals surface area contributed by atoms with Crippen LogP contribution < -0.4 is 5.32 Å². The number of anilines is 1. The van der Waals surface area contributed by atoms with Crippen molar-refractivity contribution in [2.45, 2.75) is 102 Å². The number of hydrogen-bond donors (Lipinski definition) is 1. The van der Waals surface area contributed by atoms with Gasteiger partial charge < -0.3 is 14.8 Å². The maximum atomic E-state index is 13.4. The van der Waals surface area contributed by atoms with Crippen molar-refractivity contribution in [2.24, 2.45) is 0 Å². The number of unbranched alkanes of at least 4 members (excludes halogenated alkanes) is 2. The number of nitrogens with one attached hydrogen (secondary N) is 1. The Morgan fingerprint density at radius 1 is 1.13 bits per heavy atom. The average molecular weight is 520 g/mol. The number of pyridine rings is 1. The van der Waals surface area contributed by atoms with Gasteiger partial charge >= 0.3 is 5.97 Å². The van der Waals surface area contributed by atoms with E-state index in [0.29, 0.717) is 0 Å². The Kier molecular flexibility index (Phi) is 8.11. The predicted molar refractivity (Wildman–Crippen MR) is 152 cm³/mol. The predicted octanol–water partition coefficient (Wildman–Crippen LogP) is 5.99. The van der Waals surface area contributed by atoms with E-state index in [9.17, 15) is 4.79 Å². The first-order valence-electron chi connectivity index (χ1n) is 14.6. The van der Waals surface area contributed by atoms with E-state index in [-0.39, 0.29) is 23.5 Å². The van der Waals surface area contributed by atoms with Crippen molar-refractivity contribution in [1.29, 1.82) is 0 Å². The molecule has 1 atom stereocenters. The van der Waals surface area contributed by atoms with Crippen LogP contribution in [0.25, 0.3) is 0 Å². The second kappa shape index (κ2) is 11.4. The topological polar surface area (TPSA) is 63.7 Å². The molecule has 1 aromatic carbocycles. The molecule has 2 fully saturated rings. The largest absolute Gasteiger partial charge is 0.459 e. The first-order chi connectivity index (χ1) is 18.2. The number of aromatic nitrogens is 1. The summed E-state index contributed by atoms with van der Waals surface area (Å²) < 4.78 is 12.1. The molecule has 1 saturated heterocycles. The zero-order valence-electron chi connectivity index (χ0n) is 23.7. The standard InChI is InChI=1S/C32H45N3O3/c1-31(2,3)38-30(36)28(26-13-7-8-14-27(26)32(4)17-18-32)35-21-25(22-35)37-20-9-5-6-12-24-16-15-23-11-10-19-33-29(23)34-24/h7-8,13-16,25,28H,5-6,9-12,17-22H2,1-4H3,(H,33,34). The molecule has 0 amide bonds. The van der Waals surface area contributed by atoms with Crippen LogP contribution in [0.5, 0.6) is 0 Å². The number of ether oxygens (including phenoxy) is 2. The highest BCUT2D eigenvalue weighted by Gasteiger charge is 2.46. The highest BCUT2D eigenvalue weighted by atomic mass is 16.6. The van der Waals surface area contributed by atoms with E-state index >= 15 is 0 Å². The Morgan fingerprint density at radius 3 is 2.68 bits per heavy atom. The first-order valence-corrected chi connectivity index (χ1v) is 14.6. The highest BCUT2D eigenvalue weighted by Crippen LogP contribution is 2.50. The number of carbonyl (C=O) groups excluding carboxylic acids is 1. The van der Waals surface area contributed by atoms with Crippen LogP contribution in [0.2, 0.25) is 0 Å². The van der Waals surface area contributed by atoms with Crippen LogP contribution in [-0.4, -0.2) is 53.8 Å². The van der Waals surface area contributed by atoms with Gasteiger partial charge in [0.2, 0.25) is 0 Å². The number of carbonyl (C=O) groups is 1. The minimum Gasteiger partial charge on any atom is -0.459 e. The van der Waals surface area contributed by atoms with E-state index in [1.807, 2.05) is 26.8 Å². The molecule has 0 radical (unpaired) electrons. The van der Waals surface area contributed by atoms with Crippen LogP contribution in [0.4, 0.5) is 5.82 Å². The molecule has 2 aromatic rings. The molecule has 2 aliphatic heterocycles. The number of esters is 1. The number of rotatable bonds is 11. The summed E-state index contributed by atoms with van der Waals surface area (Å²) in [4.78, 5) is 20.5. The van der Waals surface area contributed by atoms with Gasteiger partial charge in [0.1, 0.15) is 17.5 Å². The van der Waals surface area contributed by atoms with E-state index in [2.05, 4.69) is 47.5 Å². The molecule has 1 N–H and O–H groups in total. The lowest BCUT2D eigenvalue weighted by Gasteiger charge is -2.44. The maximum absolute atomic E-state index is 13.4. The molecule has 1 aromatic heterocycles. The van der Waals surface area contributed by atoms with Crippen LogP contribution in [0, 0.1) is 0 Å². The molecule has 206 valence electrons. The SMILES string of the molecule is CC(C)(C)OC(=O)C(c1ccccc1C1(C)CC1)N1CC(OCCCCCc2ccc3c(n2)NCCC3)C1. The van der Waals surface area contributed by atoms with E-state index in [4.69, 9.17) is 14.5 Å². The van der Waals surface area contributed by atoms with E-state index in [1.54, 1.807) is 0 Å². The van der Waals surface area contributed by atoms with Crippen LogP contribution in [0.15, 0.2) is 36.4 Å². The lowest BCUT2D eigenvalue weighted by atomic mass is 9.87. The fourth-order valence-corrected chi connectivity index (χ4v) is 5.70. The number of hydrogen-bond acceptors (Lipinski definition) is 6. The zero-order valence-corrected chi connectivity index (χ0v) is 23.7. The molecular weight excluding hydrogens is 474 g/mol. The van der Waals surface area contributed by atoms with Gasteiger partial charge in [-0.2, -0.15) is 0 Å². The zero-order chi connectivity index (χ0) is 26.8. The number of fused-ring (bicyclic) bond motifs is 1. The Hall–Kier alpha value is -2.44. The van der Waals surface area contributed by atoms with E-state index in [0.717, 1.165) is 69.7 Å². The summed E-state index contributed by atoms with van der Waals surface area (Å²) in [6.45, 7) is 11.5. The van der Waals surface area contributed by atoms with E-state index in [1.165, 1.54) is 36.1 Å². The van der Waals surface area contributed by atoms with Crippen molar-refractivity contribution in [1.82, 2.24) is 9.88 Å². The molecule has 1 saturated carbocycles. The lowest BCUT2D eigenvalue weighted by molar-refractivity contribution is -0.168. The fourth-order valence-electron chi connectivity index (χ4n) is 5.70. The molecule has 5 rings (SSSR count). The Labute approximate surface area is 228 Å². The van der Waals surface area contributed by atoms with Crippen LogP contribution in [0.1, 0.15) is 94.6 Å². The third-order valence-electron chi connectivity index (χ3n) is 8.16. The summed E-state index contributed by atoms with van der Waals surface area (Å²) in [5.41, 5.74) is 4.60. The van der Waals surface area contributed by atoms with Gasteiger partial charge in [-0.1, -0.05) is 43.7 Å². The third-order valence-corrected chi connectivity index (χ3v) is 8.16. The van der Waals surface area contributed by atoms with Crippen LogP contribution in [-0.2, 0) is 32.5 Å². The van der Waals surface area contributed by atoms with Crippen molar-refractivity contribution in [3.8, 4) is 0 Å². The Bertz CT molecular complexity index is 1120. The molecule has 6 nitrogen and oxygen atoms in total. The van der Waals surface area contributed by atoms with E-state index < -0.39 is 5.60 Å².